The van der Waals surface area contributed by atoms with Gasteiger partial charge >= 0.3 is 0 Å². The van der Waals surface area contributed by atoms with Crippen LogP contribution in [-0.4, -0.2) is 44.3 Å². The van der Waals surface area contributed by atoms with Crippen molar-refractivity contribution in [2.45, 2.75) is 38.1 Å². The van der Waals surface area contributed by atoms with Gasteiger partial charge in [-0.2, -0.15) is 0 Å². The largest absolute Gasteiger partial charge is 0.380 e. The molecular formula is C15H28N2O. The number of nitrogens with zero attached hydrogens (tertiary/aromatic N) is 1. The Morgan fingerprint density at radius 2 is 1.94 bits per heavy atom. The maximum Gasteiger partial charge on any atom is 0.0593 e. The molecule has 0 spiro atoms. The first-order valence-electron chi connectivity index (χ1n) is 7.76. The van der Waals surface area contributed by atoms with Crippen molar-refractivity contribution in [3.8, 4) is 0 Å². The van der Waals surface area contributed by atoms with E-state index in [1.165, 1.54) is 38.6 Å². The Kier molecular flexibility index (Phi) is 3.92. The van der Waals surface area contributed by atoms with Crippen molar-refractivity contribution >= 4 is 0 Å². The summed E-state index contributed by atoms with van der Waals surface area (Å²) in [5, 5.41) is 0. The summed E-state index contributed by atoms with van der Waals surface area (Å²) in [5.41, 5.74) is 6.36. The lowest BCUT2D eigenvalue weighted by atomic mass is 9.84. The van der Waals surface area contributed by atoms with Gasteiger partial charge in [0.2, 0.25) is 0 Å². The number of hydrogen-bond acceptors (Lipinski definition) is 3. The van der Waals surface area contributed by atoms with E-state index >= 15 is 0 Å². The third kappa shape index (κ3) is 2.89. The molecule has 0 saturated heterocycles. The predicted octanol–water partition coefficient (Wildman–Crippen LogP) is 1.72. The van der Waals surface area contributed by atoms with Gasteiger partial charge in [-0.15, -0.1) is 0 Å². The quantitative estimate of drug-likeness (QED) is 0.701. The van der Waals surface area contributed by atoms with E-state index in [4.69, 9.17) is 10.5 Å². The second-order valence-electron chi connectivity index (χ2n) is 6.85. The van der Waals surface area contributed by atoms with Crippen LogP contribution in [-0.2, 0) is 4.74 Å². The normalized spacial score (nSPS) is 38.8. The van der Waals surface area contributed by atoms with E-state index in [0.29, 0.717) is 6.04 Å². The summed E-state index contributed by atoms with van der Waals surface area (Å²) in [4.78, 5) is 2.43. The van der Waals surface area contributed by atoms with Crippen LogP contribution in [0.5, 0.6) is 0 Å². The van der Waals surface area contributed by atoms with Gasteiger partial charge in [-0.1, -0.05) is 0 Å². The molecule has 2 bridgehead atoms. The van der Waals surface area contributed by atoms with E-state index in [2.05, 4.69) is 11.9 Å². The van der Waals surface area contributed by atoms with Gasteiger partial charge in [-0.3, -0.25) is 0 Å². The Balaban J connectivity index is 1.34. The minimum atomic E-state index is 0.471. The standard InChI is InChI=1S/C15H28N2O/c1-17(6-7-18-10-11-2-3-11)9-14-12-4-5-13(8-12)15(14)16/h11-15H,2-10,16H2,1H3. The monoisotopic (exact) mass is 252 g/mol. The van der Waals surface area contributed by atoms with Gasteiger partial charge in [-0.25, -0.2) is 0 Å². The molecule has 0 amide bonds. The molecule has 3 heteroatoms. The summed E-state index contributed by atoms with van der Waals surface area (Å²) in [6.45, 7) is 4.12. The molecule has 4 atom stereocenters. The van der Waals surface area contributed by atoms with Gasteiger partial charge < -0.3 is 15.4 Å². The predicted molar refractivity (Wildman–Crippen MR) is 73.3 cm³/mol. The van der Waals surface area contributed by atoms with E-state index in [1.54, 1.807) is 0 Å². The highest BCUT2D eigenvalue weighted by Crippen LogP contribution is 2.47. The first-order chi connectivity index (χ1) is 8.74. The average molecular weight is 252 g/mol. The van der Waals surface area contributed by atoms with E-state index < -0.39 is 0 Å². The first kappa shape index (κ1) is 12.9. The van der Waals surface area contributed by atoms with Crippen molar-refractivity contribution in [2.24, 2.45) is 29.4 Å². The smallest absolute Gasteiger partial charge is 0.0593 e. The Morgan fingerprint density at radius 3 is 2.61 bits per heavy atom. The summed E-state index contributed by atoms with van der Waals surface area (Å²) < 4.78 is 5.71. The molecule has 0 aliphatic heterocycles. The second kappa shape index (κ2) is 5.48. The van der Waals surface area contributed by atoms with Crippen LogP contribution in [0, 0.1) is 23.7 Å². The fourth-order valence-corrected chi connectivity index (χ4v) is 3.93. The first-order valence-corrected chi connectivity index (χ1v) is 7.76. The molecule has 104 valence electrons. The van der Waals surface area contributed by atoms with Crippen LogP contribution < -0.4 is 5.73 Å². The molecule has 0 heterocycles. The van der Waals surface area contributed by atoms with Crippen LogP contribution in [0.15, 0.2) is 0 Å². The van der Waals surface area contributed by atoms with Crippen molar-refractivity contribution in [3.63, 3.8) is 0 Å². The second-order valence-corrected chi connectivity index (χ2v) is 6.85. The average Bonchev–Trinajstić information content (AvgIpc) is 2.98. The number of rotatable bonds is 7. The van der Waals surface area contributed by atoms with Crippen molar-refractivity contribution in [2.75, 3.05) is 33.4 Å². The van der Waals surface area contributed by atoms with Crippen molar-refractivity contribution in [1.29, 1.82) is 0 Å². The van der Waals surface area contributed by atoms with E-state index in [-0.39, 0.29) is 0 Å². The zero-order chi connectivity index (χ0) is 12.5. The Bertz CT molecular complexity index is 278. The van der Waals surface area contributed by atoms with Crippen LogP contribution in [0.2, 0.25) is 0 Å². The van der Waals surface area contributed by atoms with Gasteiger partial charge in [0.1, 0.15) is 0 Å². The molecule has 0 aromatic carbocycles. The molecule has 3 fully saturated rings. The van der Waals surface area contributed by atoms with Gasteiger partial charge in [0.25, 0.3) is 0 Å². The fourth-order valence-electron chi connectivity index (χ4n) is 3.93. The third-order valence-corrected chi connectivity index (χ3v) is 5.35. The molecule has 0 radical (unpaired) electrons. The van der Waals surface area contributed by atoms with Crippen LogP contribution in [0.4, 0.5) is 0 Å². The lowest BCUT2D eigenvalue weighted by Crippen LogP contribution is -2.42. The van der Waals surface area contributed by atoms with Gasteiger partial charge in [0.15, 0.2) is 0 Å². The number of likely N-dealkylation sites (N-methyl/N-ethyl adjacent to an activating group) is 1. The molecule has 0 aromatic rings. The van der Waals surface area contributed by atoms with Crippen LogP contribution >= 0.6 is 0 Å². The van der Waals surface area contributed by atoms with E-state index in [9.17, 15) is 0 Å². The molecule has 3 aliphatic rings. The fraction of sp³-hybridized carbons (Fsp3) is 1.00. The summed E-state index contributed by atoms with van der Waals surface area (Å²) in [7, 11) is 2.22. The molecule has 3 saturated carbocycles. The summed E-state index contributed by atoms with van der Waals surface area (Å²) in [6, 6.07) is 0.471. The number of nitrogens with two attached hydrogens (primary N) is 1. The molecular weight excluding hydrogens is 224 g/mol. The molecule has 3 nitrogen and oxygen atoms in total. The minimum absolute atomic E-state index is 0.471. The number of ether oxygens (including phenoxy) is 1. The Labute approximate surface area is 111 Å². The Morgan fingerprint density at radius 1 is 1.17 bits per heavy atom. The number of hydrogen-bond donors (Lipinski definition) is 1. The van der Waals surface area contributed by atoms with Gasteiger partial charge in [0, 0.05) is 25.7 Å². The zero-order valence-electron chi connectivity index (χ0n) is 11.7. The SMILES string of the molecule is CN(CCOCC1CC1)CC1C2CCC(C2)C1N. The van der Waals surface area contributed by atoms with Crippen molar-refractivity contribution in [3.05, 3.63) is 0 Å². The van der Waals surface area contributed by atoms with Crippen LogP contribution in [0.1, 0.15) is 32.1 Å². The van der Waals surface area contributed by atoms with E-state index in [1.807, 2.05) is 0 Å². The van der Waals surface area contributed by atoms with Gasteiger partial charge in [-0.05, 0) is 62.8 Å². The topological polar surface area (TPSA) is 38.5 Å². The Hall–Kier alpha value is -0.120. The summed E-state index contributed by atoms with van der Waals surface area (Å²) >= 11 is 0. The summed E-state index contributed by atoms with van der Waals surface area (Å²) in [5.74, 6) is 3.38. The lowest BCUT2D eigenvalue weighted by Gasteiger charge is -2.31. The molecule has 4 unspecified atom stereocenters. The minimum Gasteiger partial charge on any atom is -0.380 e. The number of fused-ring (bicyclic) bond motifs is 2. The zero-order valence-corrected chi connectivity index (χ0v) is 11.7. The van der Waals surface area contributed by atoms with Crippen molar-refractivity contribution < 1.29 is 4.74 Å². The van der Waals surface area contributed by atoms with Crippen LogP contribution in [0.3, 0.4) is 0 Å². The molecule has 2 N–H and O–H groups in total. The van der Waals surface area contributed by atoms with Crippen LogP contribution in [0.25, 0.3) is 0 Å². The highest BCUT2D eigenvalue weighted by molar-refractivity contribution is 4.99. The summed E-state index contributed by atoms with van der Waals surface area (Å²) in [6.07, 6.45) is 6.98. The highest BCUT2D eigenvalue weighted by atomic mass is 16.5. The molecule has 3 aliphatic carbocycles. The highest BCUT2D eigenvalue weighted by Gasteiger charge is 2.45. The van der Waals surface area contributed by atoms with Crippen molar-refractivity contribution in [1.82, 2.24) is 4.90 Å². The molecule has 18 heavy (non-hydrogen) atoms. The lowest BCUT2D eigenvalue weighted by molar-refractivity contribution is 0.0934. The maximum absolute atomic E-state index is 6.36. The molecule has 0 aromatic heterocycles. The maximum atomic E-state index is 6.36. The third-order valence-electron chi connectivity index (χ3n) is 5.35. The van der Waals surface area contributed by atoms with Gasteiger partial charge in [0.05, 0.1) is 6.61 Å². The molecule has 3 rings (SSSR count). The van der Waals surface area contributed by atoms with E-state index in [0.717, 1.165) is 43.4 Å².